The minimum atomic E-state index is -0.746. The maximum Gasteiger partial charge on any atom is 0.248 e. The van der Waals surface area contributed by atoms with Gasteiger partial charge in [-0.1, -0.05) is 20.8 Å². The van der Waals surface area contributed by atoms with E-state index in [0.717, 1.165) is 19.4 Å². The normalized spacial score (nSPS) is 26.7. The van der Waals surface area contributed by atoms with Crippen molar-refractivity contribution in [2.24, 2.45) is 5.92 Å². The van der Waals surface area contributed by atoms with Crippen molar-refractivity contribution in [3.63, 3.8) is 0 Å². The van der Waals surface area contributed by atoms with E-state index < -0.39 is 5.54 Å². The molecule has 0 aromatic rings. The molecule has 2 unspecified atom stereocenters. The van der Waals surface area contributed by atoms with E-state index in [2.05, 4.69) is 10.2 Å². The lowest BCUT2D eigenvalue weighted by Crippen LogP contribution is -2.70. The molecule has 0 aliphatic carbocycles. The topological polar surface area (TPSA) is 52.7 Å². The number of piperazine rings is 1. The summed E-state index contributed by atoms with van der Waals surface area (Å²) in [6.45, 7) is 9.44. The number of nitrogens with zero attached hydrogens (tertiary/aromatic N) is 2. The number of hydrogen-bond donors (Lipinski definition) is 1. The molecule has 0 aromatic carbocycles. The molecular formula is C16H31N3O2. The van der Waals surface area contributed by atoms with Crippen LogP contribution in [0.4, 0.5) is 0 Å². The molecule has 1 rings (SSSR count). The Morgan fingerprint density at radius 3 is 2.38 bits per heavy atom. The summed E-state index contributed by atoms with van der Waals surface area (Å²) in [5.41, 5.74) is -0.746. The van der Waals surface area contributed by atoms with Gasteiger partial charge in [0.2, 0.25) is 11.8 Å². The van der Waals surface area contributed by atoms with Gasteiger partial charge in [-0.05, 0) is 52.7 Å². The highest BCUT2D eigenvalue weighted by Crippen LogP contribution is 2.25. The van der Waals surface area contributed by atoms with Gasteiger partial charge in [-0.2, -0.15) is 0 Å². The molecule has 2 amide bonds. The Balaban J connectivity index is 2.81. The molecule has 1 heterocycles. The van der Waals surface area contributed by atoms with E-state index in [4.69, 9.17) is 0 Å². The molecule has 1 saturated heterocycles. The Kier molecular flexibility index (Phi) is 6.20. The number of carbonyl (C=O) groups excluding carboxylic acids is 2. The summed E-state index contributed by atoms with van der Waals surface area (Å²) in [5.74, 6) is 0.180. The zero-order chi connectivity index (χ0) is 16.2. The maximum absolute atomic E-state index is 12.8. The highest BCUT2D eigenvalue weighted by Gasteiger charge is 2.47. The van der Waals surface area contributed by atoms with Gasteiger partial charge in [0.1, 0.15) is 11.6 Å². The van der Waals surface area contributed by atoms with E-state index in [1.807, 2.05) is 46.7 Å². The smallest absolute Gasteiger partial charge is 0.248 e. The third-order valence-corrected chi connectivity index (χ3v) is 4.33. The number of rotatable bonds is 7. The van der Waals surface area contributed by atoms with Crippen molar-refractivity contribution < 1.29 is 9.59 Å². The molecule has 0 bridgehead atoms. The van der Waals surface area contributed by atoms with Crippen molar-refractivity contribution in [3.05, 3.63) is 0 Å². The molecule has 5 heteroatoms. The summed E-state index contributed by atoms with van der Waals surface area (Å²) in [7, 11) is 4.09. The van der Waals surface area contributed by atoms with Crippen LogP contribution in [0.25, 0.3) is 0 Å². The lowest BCUT2D eigenvalue weighted by Gasteiger charge is -2.45. The van der Waals surface area contributed by atoms with Crippen LogP contribution in [-0.4, -0.2) is 60.4 Å². The van der Waals surface area contributed by atoms with Gasteiger partial charge in [-0.15, -0.1) is 0 Å². The second-order valence-corrected chi connectivity index (χ2v) is 6.87. The average Bonchev–Trinajstić information content (AvgIpc) is 2.39. The Labute approximate surface area is 129 Å². The number of carbonyl (C=O) groups is 2. The third-order valence-electron chi connectivity index (χ3n) is 4.33. The molecule has 0 radical (unpaired) electrons. The first kappa shape index (κ1) is 18.0. The highest BCUT2D eigenvalue weighted by atomic mass is 16.2. The predicted molar refractivity (Wildman–Crippen MR) is 85.0 cm³/mol. The molecule has 21 heavy (non-hydrogen) atoms. The fourth-order valence-electron chi connectivity index (χ4n) is 2.84. The molecule has 2 atom stereocenters. The second kappa shape index (κ2) is 7.25. The first-order valence-corrected chi connectivity index (χ1v) is 8.00. The summed E-state index contributed by atoms with van der Waals surface area (Å²) >= 11 is 0. The zero-order valence-electron chi connectivity index (χ0n) is 14.4. The summed E-state index contributed by atoms with van der Waals surface area (Å²) in [6.07, 6.45) is 2.59. The predicted octanol–water partition coefficient (Wildman–Crippen LogP) is 1.48. The van der Waals surface area contributed by atoms with Crippen LogP contribution in [0.5, 0.6) is 0 Å². The van der Waals surface area contributed by atoms with Crippen LogP contribution in [-0.2, 0) is 9.59 Å². The van der Waals surface area contributed by atoms with Crippen molar-refractivity contribution in [3.8, 4) is 0 Å². The monoisotopic (exact) mass is 297 g/mol. The van der Waals surface area contributed by atoms with E-state index in [-0.39, 0.29) is 23.8 Å². The fraction of sp³-hybridized carbons (Fsp3) is 0.875. The third kappa shape index (κ3) is 4.19. The van der Waals surface area contributed by atoms with Gasteiger partial charge in [0, 0.05) is 6.54 Å². The van der Waals surface area contributed by atoms with Crippen LogP contribution in [0.15, 0.2) is 0 Å². The SMILES string of the molecule is CCC1(C)NC(=O)C(C(C)C)N(CCCCN(C)C)C1=O. The van der Waals surface area contributed by atoms with E-state index >= 15 is 0 Å². The quantitative estimate of drug-likeness (QED) is 0.724. The van der Waals surface area contributed by atoms with Crippen molar-refractivity contribution in [2.45, 2.75) is 58.5 Å². The van der Waals surface area contributed by atoms with Crippen LogP contribution in [0, 0.1) is 5.92 Å². The van der Waals surface area contributed by atoms with Crippen LogP contribution in [0.3, 0.4) is 0 Å². The van der Waals surface area contributed by atoms with Gasteiger partial charge < -0.3 is 15.1 Å². The first-order valence-electron chi connectivity index (χ1n) is 8.00. The number of nitrogens with one attached hydrogen (secondary N) is 1. The fourth-order valence-corrected chi connectivity index (χ4v) is 2.84. The summed E-state index contributed by atoms with van der Waals surface area (Å²) in [4.78, 5) is 29.1. The van der Waals surface area contributed by atoms with Gasteiger partial charge in [0.25, 0.3) is 0 Å². The molecule has 1 aliphatic heterocycles. The average molecular weight is 297 g/mol. The largest absolute Gasteiger partial charge is 0.340 e. The lowest BCUT2D eigenvalue weighted by atomic mass is 9.88. The molecule has 0 spiro atoms. The minimum absolute atomic E-state index is 0.0124. The molecule has 1 fully saturated rings. The molecule has 1 N–H and O–H groups in total. The Hall–Kier alpha value is -1.10. The second-order valence-electron chi connectivity index (χ2n) is 6.87. The molecule has 0 aromatic heterocycles. The standard InChI is InChI=1S/C16H31N3O2/c1-7-16(4)15(21)19(11-9-8-10-18(5)6)13(12(2)3)14(20)17-16/h12-13H,7-11H2,1-6H3,(H,17,20). The van der Waals surface area contributed by atoms with E-state index in [1.54, 1.807) is 0 Å². The van der Waals surface area contributed by atoms with Gasteiger partial charge in [0.15, 0.2) is 0 Å². The van der Waals surface area contributed by atoms with Crippen LogP contribution in [0.1, 0.15) is 47.0 Å². The van der Waals surface area contributed by atoms with E-state index in [9.17, 15) is 9.59 Å². The minimum Gasteiger partial charge on any atom is -0.340 e. The van der Waals surface area contributed by atoms with Crippen LogP contribution >= 0.6 is 0 Å². The summed E-state index contributed by atoms with van der Waals surface area (Å²) < 4.78 is 0. The molecule has 122 valence electrons. The van der Waals surface area contributed by atoms with Crippen LogP contribution < -0.4 is 5.32 Å². The number of amides is 2. The van der Waals surface area contributed by atoms with Gasteiger partial charge in [0.05, 0.1) is 0 Å². The zero-order valence-corrected chi connectivity index (χ0v) is 14.4. The highest BCUT2D eigenvalue weighted by molar-refractivity contribution is 5.99. The maximum atomic E-state index is 12.8. The Morgan fingerprint density at radius 1 is 1.29 bits per heavy atom. The van der Waals surface area contributed by atoms with Crippen LogP contribution in [0.2, 0.25) is 0 Å². The number of hydrogen-bond acceptors (Lipinski definition) is 3. The van der Waals surface area contributed by atoms with Gasteiger partial charge in [-0.3, -0.25) is 9.59 Å². The van der Waals surface area contributed by atoms with Crippen molar-refractivity contribution in [1.29, 1.82) is 0 Å². The molecule has 5 nitrogen and oxygen atoms in total. The lowest BCUT2D eigenvalue weighted by molar-refractivity contribution is -0.156. The van der Waals surface area contributed by atoms with E-state index in [0.29, 0.717) is 13.0 Å². The van der Waals surface area contributed by atoms with Crippen molar-refractivity contribution in [1.82, 2.24) is 15.1 Å². The molecule has 0 saturated carbocycles. The molecule has 1 aliphatic rings. The first-order chi connectivity index (χ1) is 9.73. The summed E-state index contributed by atoms with van der Waals surface area (Å²) in [6, 6.07) is -0.337. The van der Waals surface area contributed by atoms with E-state index in [1.165, 1.54) is 0 Å². The van der Waals surface area contributed by atoms with Gasteiger partial charge in [-0.25, -0.2) is 0 Å². The molecular weight excluding hydrogens is 266 g/mol. The van der Waals surface area contributed by atoms with Gasteiger partial charge >= 0.3 is 0 Å². The van der Waals surface area contributed by atoms with Crippen molar-refractivity contribution in [2.75, 3.05) is 27.2 Å². The Morgan fingerprint density at radius 2 is 1.90 bits per heavy atom. The number of unbranched alkanes of at least 4 members (excludes halogenated alkanes) is 1. The Bertz CT molecular complexity index is 382. The summed E-state index contributed by atoms with van der Waals surface area (Å²) in [5, 5.41) is 2.92. The van der Waals surface area contributed by atoms with Crippen molar-refractivity contribution >= 4 is 11.8 Å².